The minimum atomic E-state index is -3.43. The van der Waals surface area contributed by atoms with Gasteiger partial charge in [0.05, 0.1) is 7.11 Å². The third-order valence-electron chi connectivity index (χ3n) is 4.87. The number of hydrogen-bond acceptors (Lipinski definition) is 4. The molecule has 0 aromatic heterocycles. The third-order valence-corrected chi connectivity index (χ3v) is 6.81. The number of carbonyl (C=O) groups is 1. The van der Waals surface area contributed by atoms with Crippen LogP contribution in [0.4, 0.5) is 4.79 Å². The lowest BCUT2D eigenvalue weighted by Crippen LogP contribution is -2.54. The number of methoxy groups -OCH3 is 1. The van der Waals surface area contributed by atoms with Gasteiger partial charge in [-0.25, -0.2) is 4.79 Å². The second-order valence-corrected chi connectivity index (χ2v) is 9.02. The molecule has 0 aliphatic carbocycles. The van der Waals surface area contributed by atoms with Crippen LogP contribution in [0.3, 0.4) is 0 Å². The molecule has 1 aliphatic heterocycles. The average Bonchev–Trinajstić information content (AvgIpc) is 2.71. The fraction of sp³-hybridized carbons (Fsp3) is 0.421. The van der Waals surface area contributed by atoms with E-state index in [1.807, 2.05) is 36.4 Å². The third kappa shape index (κ3) is 4.37. The summed E-state index contributed by atoms with van der Waals surface area (Å²) in [7, 11) is 1.22. The van der Waals surface area contributed by atoms with Gasteiger partial charge in [-0.3, -0.25) is 0 Å². The van der Waals surface area contributed by atoms with Gasteiger partial charge in [0.15, 0.2) is 0 Å². The molecule has 1 heterocycles. The number of amides is 2. The zero-order chi connectivity index (χ0) is 20.3. The van der Waals surface area contributed by atoms with Crippen LogP contribution in [0.15, 0.2) is 36.4 Å². The smallest absolute Gasteiger partial charge is 0.317 e. The molecule has 0 radical (unpaired) electrons. The zero-order valence-corrected chi connectivity index (χ0v) is 17.2. The Morgan fingerprint density at radius 1 is 1.07 bits per heavy atom. The van der Waals surface area contributed by atoms with Crippen molar-refractivity contribution in [3.05, 3.63) is 42.0 Å². The number of nitrogens with zero attached hydrogens (tertiary/aromatic N) is 3. The highest BCUT2D eigenvalue weighted by atomic mass is 32.2. The van der Waals surface area contributed by atoms with E-state index in [9.17, 15) is 13.2 Å². The Morgan fingerprint density at radius 2 is 1.71 bits per heavy atom. The first-order valence-electron chi connectivity index (χ1n) is 9.08. The van der Waals surface area contributed by atoms with E-state index in [1.165, 1.54) is 22.7 Å². The quantitative estimate of drug-likeness (QED) is 0.816. The van der Waals surface area contributed by atoms with Crippen molar-refractivity contribution in [3.8, 4) is 5.75 Å². The Labute approximate surface area is 165 Å². The summed E-state index contributed by atoms with van der Waals surface area (Å²) in [6.07, 6.45) is 0. The highest BCUT2D eigenvalue weighted by Gasteiger charge is 2.30. The molecule has 0 atom stereocenters. The topological polar surface area (TPSA) is 82.2 Å². The number of hydrogen-bond donors (Lipinski definition) is 1. The summed E-state index contributed by atoms with van der Waals surface area (Å²) in [5.41, 5.74) is 1.000. The van der Waals surface area contributed by atoms with Crippen LogP contribution < -0.4 is 10.1 Å². The van der Waals surface area contributed by atoms with Crippen LogP contribution in [0.2, 0.25) is 0 Å². The molecule has 0 bridgehead atoms. The molecule has 28 heavy (non-hydrogen) atoms. The highest BCUT2D eigenvalue weighted by molar-refractivity contribution is 7.86. The maximum absolute atomic E-state index is 12.4. The number of carbonyl (C=O) groups excluding carboxylic acids is 1. The van der Waals surface area contributed by atoms with Crippen molar-refractivity contribution in [1.82, 2.24) is 18.8 Å². The first-order valence-corrected chi connectivity index (χ1v) is 10.5. The summed E-state index contributed by atoms with van der Waals surface area (Å²) in [4.78, 5) is 14.1. The lowest BCUT2D eigenvalue weighted by Gasteiger charge is -2.35. The Balaban J connectivity index is 1.55. The van der Waals surface area contributed by atoms with Crippen molar-refractivity contribution in [2.45, 2.75) is 6.54 Å². The predicted molar refractivity (Wildman–Crippen MR) is 108 cm³/mol. The average molecular weight is 407 g/mol. The Hall–Kier alpha value is -2.36. The molecular weight excluding hydrogens is 380 g/mol. The lowest BCUT2D eigenvalue weighted by molar-refractivity contribution is 0.170. The normalized spacial score (nSPS) is 15.8. The van der Waals surface area contributed by atoms with Crippen LogP contribution in [-0.4, -0.2) is 75.3 Å². The summed E-state index contributed by atoms with van der Waals surface area (Å²) in [6.45, 7) is 1.75. The summed E-state index contributed by atoms with van der Waals surface area (Å²) in [6, 6.07) is 11.7. The maximum Gasteiger partial charge on any atom is 0.317 e. The highest BCUT2D eigenvalue weighted by Crippen LogP contribution is 2.22. The van der Waals surface area contributed by atoms with E-state index < -0.39 is 10.2 Å². The minimum absolute atomic E-state index is 0.184. The number of benzene rings is 2. The molecule has 152 valence electrons. The number of fused-ring (bicyclic) bond motifs is 1. The number of rotatable bonds is 5. The van der Waals surface area contributed by atoms with Crippen molar-refractivity contribution in [3.63, 3.8) is 0 Å². The number of nitrogens with one attached hydrogen (secondary N) is 1. The van der Waals surface area contributed by atoms with Crippen molar-refractivity contribution < 1.29 is 17.9 Å². The zero-order valence-electron chi connectivity index (χ0n) is 16.4. The van der Waals surface area contributed by atoms with Crippen LogP contribution in [0.1, 0.15) is 5.56 Å². The van der Waals surface area contributed by atoms with Gasteiger partial charge in [0.1, 0.15) is 5.75 Å². The van der Waals surface area contributed by atoms with E-state index in [4.69, 9.17) is 4.74 Å². The SMILES string of the molecule is COc1ccc2cc(CNC(=O)N3CCN(S(=O)(=O)N(C)C)CC3)ccc2c1. The second-order valence-electron chi connectivity index (χ2n) is 6.88. The number of piperazine rings is 1. The lowest BCUT2D eigenvalue weighted by atomic mass is 10.1. The molecule has 2 amide bonds. The fourth-order valence-corrected chi connectivity index (χ4v) is 4.24. The van der Waals surface area contributed by atoms with Crippen molar-refractivity contribution in [2.24, 2.45) is 0 Å². The summed E-state index contributed by atoms with van der Waals surface area (Å²) in [5.74, 6) is 0.809. The van der Waals surface area contributed by atoms with Gasteiger partial charge in [0, 0.05) is 46.8 Å². The molecule has 2 aromatic carbocycles. The monoisotopic (exact) mass is 406 g/mol. The van der Waals surface area contributed by atoms with Gasteiger partial charge in [0.25, 0.3) is 10.2 Å². The number of urea groups is 1. The predicted octanol–water partition coefficient (Wildman–Crippen LogP) is 1.48. The second kappa shape index (κ2) is 8.34. The molecule has 0 unspecified atom stereocenters. The first kappa shape index (κ1) is 20.4. The molecule has 1 fully saturated rings. The largest absolute Gasteiger partial charge is 0.497 e. The molecule has 9 heteroatoms. The molecule has 0 saturated carbocycles. The van der Waals surface area contributed by atoms with E-state index in [1.54, 1.807) is 12.0 Å². The van der Waals surface area contributed by atoms with Gasteiger partial charge in [-0.1, -0.05) is 18.2 Å². The van der Waals surface area contributed by atoms with E-state index in [0.717, 1.165) is 22.1 Å². The molecule has 0 spiro atoms. The minimum Gasteiger partial charge on any atom is -0.497 e. The Morgan fingerprint density at radius 3 is 2.36 bits per heavy atom. The Bertz CT molecular complexity index is 954. The van der Waals surface area contributed by atoms with Crippen LogP contribution in [0.25, 0.3) is 10.8 Å². The van der Waals surface area contributed by atoms with Crippen LogP contribution >= 0.6 is 0 Å². The van der Waals surface area contributed by atoms with Gasteiger partial charge in [-0.2, -0.15) is 17.0 Å². The standard InChI is InChI=1S/C19H26N4O4S/c1-21(2)28(25,26)23-10-8-22(9-11-23)19(24)20-14-15-4-5-17-13-18(27-3)7-6-16(17)12-15/h4-7,12-13H,8-11,14H2,1-3H3,(H,20,24). The van der Waals surface area contributed by atoms with E-state index in [0.29, 0.717) is 32.7 Å². The Kier molecular flexibility index (Phi) is 6.07. The van der Waals surface area contributed by atoms with Crippen LogP contribution in [0.5, 0.6) is 5.75 Å². The number of ether oxygens (including phenoxy) is 1. The molecule has 3 rings (SSSR count). The molecule has 1 aliphatic rings. The van der Waals surface area contributed by atoms with Gasteiger partial charge < -0.3 is 15.0 Å². The van der Waals surface area contributed by atoms with Gasteiger partial charge in [-0.15, -0.1) is 0 Å². The molecule has 1 saturated heterocycles. The van der Waals surface area contributed by atoms with Crippen molar-refractivity contribution in [1.29, 1.82) is 0 Å². The summed E-state index contributed by atoms with van der Waals surface area (Å²) < 4.78 is 32.1. The summed E-state index contributed by atoms with van der Waals surface area (Å²) in [5, 5.41) is 5.07. The van der Waals surface area contributed by atoms with E-state index >= 15 is 0 Å². The molecule has 1 N–H and O–H groups in total. The van der Waals surface area contributed by atoms with Crippen LogP contribution in [-0.2, 0) is 16.8 Å². The van der Waals surface area contributed by atoms with Gasteiger partial charge in [0.2, 0.25) is 0 Å². The van der Waals surface area contributed by atoms with E-state index in [2.05, 4.69) is 5.32 Å². The van der Waals surface area contributed by atoms with Crippen molar-refractivity contribution in [2.75, 3.05) is 47.4 Å². The van der Waals surface area contributed by atoms with Gasteiger partial charge >= 0.3 is 6.03 Å². The van der Waals surface area contributed by atoms with Crippen molar-refractivity contribution >= 4 is 27.0 Å². The van der Waals surface area contributed by atoms with Crippen LogP contribution in [0, 0.1) is 0 Å². The molecular formula is C19H26N4O4S. The van der Waals surface area contributed by atoms with E-state index in [-0.39, 0.29) is 6.03 Å². The van der Waals surface area contributed by atoms with Gasteiger partial charge in [-0.05, 0) is 34.5 Å². The molecule has 8 nitrogen and oxygen atoms in total. The fourth-order valence-electron chi connectivity index (χ4n) is 3.15. The first-order chi connectivity index (χ1) is 13.3. The molecule has 2 aromatic rings. The summed E-state index contributed by atoms with van der Waals surface area (Å²) >= 11 is 0. The maximum atomic E-state index is 12.4.